The van der Waals surface area contributed by atoms with Crippen molar-refractivity contribution in [1.29, 1.82) is 0 Å². The molecule has 16 heavy (non-hydrogen) atoms. The highest BCUT2D eigenvalue weighted by Crippen LogP contribution is 2.26. The molecule has 0 aliphatic carbocycles. The van der Waals surface area contributed by atoms with E-state index in [1.807, 2.05) is 18.2 Å². The quantitative estimate of drug-likeness (QED) is 0.810. The Labute approximate surface area is 98.3 Å². The molecule has 0 amide bonds. The molecule has 2 N–H and O–H groups in total. The zero-order valence-corrected chi connectivity index (χ0v) is 9.52. The van der Waals surface area contributed by atoms with Crippen LogP contribution in [0.2, 0.25) is 0 Å². The molecule has 0 spiro atoms. The molecule has 0 aliphatic rings. The van der Waals surface area contributed by atoms with Crippen molar-refractivity contribution < 1.29 is 0 Å². The fourth-order valence-corrected chi connectivity index (χ4v) is 2.14. The Bertz CT molecular complexity index is 447. The van der Waals surface area contributed by atoms with Gasteiger partial charge in [-0.2, -0.15) is 0 Å². The van der Waals surface area contributed by atoms with Gasteiger partial charge in [0.25, 0.3) is 0 Å². The van der Waals surface area contributed by atoms with Crippen LogP contribution >= 0.6 is 11.8 Å². The van der Waals surface area contributed by atoms with E-state index in [-0.39, 0.29) is 0 Å². The number of aromatic nitrogens is 3. The molecule has 0 bridgehead atoms. The van der Waals surface area contributed by atoms with Gasteiger partial charge in [0.05, 0.1) is 0 Å². The van der Waals surface area contributed by atoms with Crippen LogP contribution in [-0.4, -0.2) is 21.5 Å². The van der Waals surface area contributed by atoms with Gasteiger partial charge >= 0.3 is 0 Å². The second-order valence-corrected chi connectivity index (χ2v) is 4.17. The molecule has 0 unspecified atom stereocenters. The summed E-state index contributed by atoms with van der Waals surface area (Å²) in [4.78, 5) is 12.4. The number of nitrogens with two attached hydrogens (primary N) is 1. The maximum Gasteiger partial charge on any atom is 0.116 e. The molecular weight excluding hydrogens is 220 g/mol. The highest BCUT2D eigenvalue weighted by atomic mass is 32.2. The lowest BCUT2D eigenvalue weighted by atomic mass is 10.2. The normalized spacial score (nSPS) is 10.3. The maximum absolute atomic E-state index is 5.56. The van der Waals surface area contributed by atoms with E-state index in [2.05, 4.69) is 15.0 Å². The monoisotopic (exact) mass is 232 g/mol. The molecule has 0 radical (unpaired) electrons. The summed E-state index contributed by atoms with van der Waals surface area (Å²) in [5.41, 5.74) is 6.72. The Morgan fingerprint density at radius 1 is 1.19 bits per heavy atom. The zero-order valence-electron chi connectivity index (χ0n) is 8.71. The molecule has 5 heteroatoms. The Kier molecular flexibility index (Phi) is 3.85. The molecule has 0 saturated carbocycles. The predicted octanol–water partition coefficient (Wildman–Crippen LogP) is 1.52. The Morgan fingerprint density at radius 3 is 2.88 bits per heavy atom. The first kappa shape index (κ1) is 11.0. The van der Waals surface area contributed by atoms with Gasteiger partial charge in [-0.05, 0) is 42.4 Å². The third kappa shape index (κ3) is 2.77. The summed E-state index contributed by atoms with van der Waals surface area (Å²) in [5, 5.41) is 1.86. The van der Waals surface area contributed by atoms with Gasteiger partial charge in [0.1, 0.15) is 16.4 Å². The van der Waals surface area contributed by atoms with E-state index in [9.17, 15) is 0 Å². The molecule has 0 aromatic carbocycles. The molecule has 0 aliphatic heterocycles. The van der Waals surface area contributed by atoms with E-state index in [1.165, 1.54) is 18.1 Å². The minimum Gasteiger partial charge on any atom is -0.330 e. The first-order valence-electron chi connectivity index (χ1n) is 4.98. The smallest absolute Gasteiger partial charge is 0.116 e. The van der Waals surface area contributed by atoms with Crippen LogP contribution in [0.5, 0.6) is 0 Å². The average Bonchev–Trinajstić information content (AvgIpc) is 2.33. The van der Waals surface area contributed by atoms with E-state index in [0.717, 1.165) is 22.0 Å². The Balaban J connectivity index is 2.21. The number of nitrogens with zero attached hydrogens (tertiary/aromatic N) is 3. The fraction of sp³-hybridized carbons (Fsp3) is 0.182. The molecule has 4 nitrogen and oxygen atoms in total. The zero-order chi connectivity index (χ0) is 11.2. The van der Waals surface area contributed by atoms with Gasteiger partial charge in [-0.15, -0.1) is 0 Å². The molecule has 0 fully saturated rings. The van der Waals surface area contributed by atoms with Gasteiger partial charge in [-0.3, -0.25) is 0 Å². The molecular formula is C11H12N4S. The largest absolute Gasteiger partial charge is 0.330 e. The Morgan fingerprint density at radius 2 is 2.12 bits per heavy atom. The summed E-state index contributed by atoms with van der Waals surface area (Å²) in [6, 6.07) is 5.84. The summed E-state index contributed by atoms with van der Waals surface area (Å²) < 4.78 is 0. The van der Waals surface area contributed by atoms with Crippen LogP contribution in [0.15, 0.2) is 47.0 Å². The fourth-order valence-electron chi connectivity index (χ4n) is 1.30. The highest BCUT2D eigenvalue weighted by molar-refractivity contribution is 7.99. The third-order valence-electron chi connectivity index (χ3n) is 2.02. The van der Waals surface area contributed by atoms with E-state index in [1.54, 1.807) is 12.4 Å². The predicted molar refractivity (Wildman–Crippen MR) is 63.2 cm³/mol. The van der Waals surface area contributed by atoms with Crippen molar-refractivity contribution in [3.63, 3.8) is 0 Å². The van der Waals surface area contributed by atoms with Crippen LogP contribution in [0.25, 0.3) is 0 Å². The van der Waals surface area contributed by atoms with Crippen molar-refractivity contribution in [2.24, 2.45) is 5.73 Å². The average molecular weight is 232 g/mol. The summed E-state index contributed by atoms with van der Waals surface area (Å²) in [5.74, 6) is 0. The van der Waals surface area contributed by atoms with Crippen molar-refractivity contribution in [3.05, 3.63) is 42.5 Å². The molecule has 0 atom stereocenters. The maximum atomic E-state index is 5.56. The molecule has 2 rings (SSSR count). The first-order valence-corrected chi connectivity index (χ1v) is 5.79. The van der Waals surface area contributed by atoms with Crippen LogP contribution in [0.4, 0.5) is 0 Å². The lowest BCUT2D eigenvalue weighted by Crippen LogP contribution is -2.04. The van der Waals surface area contributed by atoms with Gasteiger partial charge < -0.3 is 5.73 Å². The minimum atomic E-state index is 0.628. The van der Waals surface area contributed by atoms with Crippen molar-refractivity contribution in [1.82, 2.24) is 15.0 Å². The highest BCUT2D eigenvalue weighted by Gasteiger charge is 2.05. The molecule has 0 saturated heterocycles. The minimum absolute atomic E-state index is 0.628. The summed E-state index contributed by atoms with van der Waals surface area (Å²) in [7, 11) is 0. The SMILES string of the molecule is NCCc1cccnc1Sc1ccncn1. The molecule has 2 aromatic rings. The van der Waals surface area contributed by atoms with E-state index in [0.29, 0.717) is 6.54 Å². The lowest BCUT2D eigenvalue weighted by Gasteiger charge is -2.05. The van der Waals surface area contributed by atoms with Crippen molar-refractivity contribution in [2.45, 2.75) is 16.5 Å². The third-order valence-corrected chi connectivity index (χ3v) is 3.03. The number of hydrogen-bond acceptors (Lipinski definition) is 5. The summed E-state index contributed by atoms with van der Waals surface area (Å²) in [6.07, 6.45) is 5.87. The standard InChI is InChI=1S/C11H12N4S/c12-5-3-9-2-1-6-14-11(9)16-10-4-7-13-8-15-10/h1-2,4,6-8H,3,5,12H2. The second kappa shape index (κ2) is 5.58. The van der Waals surface area contributed by atoms with Crippen molar-refractivity contribution in [3.8, 4) is 0 Å². The van der Waals surface area contributed by atoms with Gasteiger partial charge in [-0.25, -0.2) is 15.0 Å². The van der Waals surface area contributed by atoms with Gasteiger partial charge in [-0.1, -0.05) is 6.07 Å². The molecule has 2 heterocycles. The number of rotatable bonds is 4. The van der Waals surface area contributed by atoms with E-state index in [4.69, 9.17) is 5.73 Å². The number of hydrogen-bond donors (Lipinski definition) is 1. The van der Waals surface area contributed by atoms with Crippen LogP contribution in [0.3, 0.4) is 0 Å². The topological polar surface area (TPSA) is 64.7 Å². The van der Waals surface area contributed by atoms with Crippen molar-refractivity contribution in [2.75, 3.05) is 6.54 Å². The number of pyridine rings is 1. The van der Waals surface area contributed by atoms with Crippen LogP contribution < -0.4 is 5.73 Å². The van der Waals surface area contributed by atoms with Crippen LogP contribution in [0.1, 0.15) is 5.56 Å². The van der Waals surface area contributed by atoms with Gasteiger partial charge in [0.15, 0.2) is 0 Å². The van der Waals surface area contributed by atoms with Crippen LogP contribution in [0, 0.1) is 0 Å². The van der Waals surface area contributed by atoms with E-state index >= 15 is 0 Å². The van der Waals surface area contributed by atoms with Crippen LogP contribution in [-0.2, 0) is 6.42 Å². The van der Waals surface area contributed by atoms with Gasteiger partial charge in [0, 0.05) is 12.4 Å². The molecule has 2 aromatic heterocycles. The molecule has 82 valence electrons. The Hall–Kier alpha value is -1.46. The lowest BCUT2D eigenvalue weighted by molar-refractivity contribution is 0.909. The van der Waals surface area contributed by atoms with E-state index < -0.39 is 0 Å². The second-order valence-electron chi connectivity index (χ2n) is 3.16. The van der Waals surface area contributed by atoms with Gasteiger partial charge in [0.2, 0.25) is 0 Å². The summed E-state index contributed by atoms with van der Waals surface area (Å²) in [6.45, 7) is 0.628. The summed E-state index contributed by atoms with van der Waals surface area (Å²) >= 11 is 1.54. The first-order chi connectivity index (χ1) is 7.90. The van der Waals surface area contributed by atoms with Crippen molar-refractivity contribution >= 4 is 11.8 Å².